The topological polar surface area (TPSA) is 12.0 Å². The summed E-state index contributed by atoms with van der Waals surface area (Å²) in [7, 11) is 0. The van der Waals surface area contributed by atoms with Gasteiger partial charge in [-0.1, -0.05) is 68.2 Å². The molecule has 0 saturated carbocycles. The molecule has 1 atom stereocenters. The van der Waals surface area contributed by atoms with Crippen LogP contribution in [-0.2, 0) is 0 Å². The third kappa shape index (κ3) is 5.27. The number of rotatable bonds is 5. The van der Waals surface area contributed by atoms with Gasteiger partial charge in [0.1, 0.15) is 0 Å². The second-order valence-corrected chi connectivity index (χ2v) is 6.54. The Kier molecular flexibility index (Phi) is 6.44. The van der Waals surface area contributed by atoms with Gasteiger partial charge in [0.15, 0.2) is 0 Å². The minimum absolute atomic E-state index is 0.363. The Morgan fingerprint density at radius 3 is 2.22 bits per heavy atom. The van der Waals surface area contributed by atoms with E-state index in [-0.39, 0.29) is 0 Å². The van der Waals surface area contributed by atoms with Crippen molar-refractivity contribution in [2.45, 2.75) is 40.2 Å². The fourth-order valence-corrected chi connectivity index (χ4v) is 2.80. The van der Waals surface area contributed by atoms with E-state index in [4.69, 9.17) is 0 Å². The first-order chi connectivity index (χ1) is 11.1. The quantitative estimate of drug-likeness (QED) is 0.764. The summed E-state index contributed by atoms with van der Waals surface area (Å²) in [4.78, 5) is 0. The molecule has 0 aliphatic rings. The predicted molar refractivity (Wildman–Crippen MR) is 99.4 cm³/mol. The number of hydrogen-bond donors (Lipinski definition) is 1. The van der Waals surface area contributed by atoms with Crippen LogP contribution in [0.2, 0.25) is 0 Å². The molecule has 0 aliphatic carbocycles. The first-order valence-electron chi connectivity index (χ1n) is 8.41. The summed E-state index contributed by atoms with van der Waals surface area (Å²) < 4.78 is 0. The number of hydrogen-bond acceptors (Lipinski definition) is 1. The molecular formula is C22H27N. The van der Waals surface area contributed by atoms with E-state index in [9.17, 15) is 0 Å². The van der Waals surface area contributed by atoms with Crippen LogP contribution in [0, 0.1) is 31.6 Å². The highest BCUT2D eigenvalue weighted by Gasteiger charge is 2.13. The summed E-state index contributed by atoms with van der Waals surface area (Å²) in [6, 6.07) is 17.3. The van der Waals surface area contributed by atoms with Crippen LogP contribution in [0.15, 0.2) is 48.5 Å². The van der Waals surface area contributed by atoms with Crippen LogP contribution in [0.25, 0.3) is 0 Å². The van der Waals surface area contributed by atoms with Crippen LogP contribution in [0.4, 0.5) is 0 Å². The Balaban J connectivity index is 2.05. The summed E-state index contributed by atoms with van der Waals surface area (Å²) in [5, 5.41) is 3.62. The molecule has 2 aromatic rings. The van der Waals surface area contributed by atoms with E-state index in [1.54, 1.807) is 0 Å². The molecule has 0 fully saturated rings. The van der Waals surface area contributed by atoms with E-state index in [0.717, 1.165) is 12.0 Å². The van der Waals surface area contributed by atoms with Gasteiger partial charge in [0.2, 0.25) is 0 Å². The maximum atomic E-state index is 3.62. The Morgan fingerprint density at radius 1 is 0.913 bits per heavy atom. The van der Waals surface area contributed by atoms with Crippen LogP contribution in [-0.4, -0.2) is 6.54 Å². The van der Waals surface area contributed by atoms with Gasteiger partial charge in [0.05, 0.1) is 6.54 Å². The van der Waals surface area contributed by atoms with Crippen molar-refractivity contribution in [1.29, 1.82) is 0 Å². The minimum Gasteiger partial charge on any atom is -0.299 e. The normalized spacial score (nSPS) is 11.9. The maximum absolute atomic E-state index is 3.62. The molecule has 0 saturated heterocycles. The molecule has 120 valence electrons. The van der Waals surface area contributed by atoms with Crippen molar-refractivity contribution in [2.75, 3.05) is 6.54 Å². The van der Waals surface area contributed by atoms with E-state index < -0.39 is 0 Å². The molecule has 1 N–H and O–H groups in total. The maximum Gasteiger partial charge on any atom is 0.0585 e. The molecule has 0 heterocycles. The molecular weight excluding hydrogens is 278 g/mol. The molecule has 0 spiro atoms. The Labute approximate surface area is 141 Å². The van der Waals surface area contributed by atoms with Crippen molar-refractivity contribution in [1.82, 2.24) is 5.32 Å². The van der Waals surface area contributed by atoms with E-state index in [0.29, 0.717) is 18.5 Å². The molecule has 0 bridgehead atoms. The Morgan fingerprint density at radius 2 is 1.57 bits per heavy atom. The van der Waals surface area contributed by atoms with Crippen LogP contribution in [0.1, 0.15) is 48.6 Å². The molecule has 1 unspecified atom stereocenters. The fourth-order valence-electron chi connectivity index (χ4n) is 2.80. The molecule has 0 aromatic heterocycles. The molecule has 23 heavy (non-hydrogen) atoms. The Bertz CT molecular complexity index is 688. The lowest BCUT2D eigenvalue weighted by Gasteiger charge is -2.21. The first-order valence-corrected chi connectivity index (χ1v) is 8.41. The average molecular weight is 305 g/mol. The van der Waals surface area contributed by atoms with E-state index in [2.05, 4.69) is 87.3 Å². The van der Waals surface area contributed by atoms with Crippen LogP contribution >= 0.6 is 0 Å². The number of nitrogens with one attached hydrogen (secondary N) is 1. The summed E-state index contributed by atoms with van der Waals surface area (Å²) in [6.45, 7) is 9.54. The smallest absolute Gasteiger partial charge is 0.0585 e. The summed E-state index contributed by atoms with van der Waals surface area (Å²) >= 11 is 0. The summed E-state index contributed by atoms with van der Waals surface area (Å²) in [5.41, 5.74) is 5.08. The second-order valence-electron chi connectivity index (χ2n) is 6.54. The zero-order chi connectivity index (χ0) is 16.7. The lowest BCUT2D eigenvalue weighted by atomic mass is 9.94. The van der Waals surface area contributed by atoms with Gasteiger partial charge in [0, 0.05) is 11.6 Å². The number of benzene rings is 2. The van der Waals surface area contributed by atoms with E-state index in [1.807, 2.05) is 6.07 Å². The van der Waals surface area contributed by atoms with Gasteiger partial charge in [-0.05, 0) is 48.9 Å². The molecule has 0 radical (unpaired) electrons. The van der Waals surface area contributed by atoms with Crippen molar-refractivity contribution < 1.29 is 0 Å². The van der Waals surface area contributed by atoms with Crippen molar-refractivity contribution >= 4 is 0 Å². The molecule has 1 nitrogen and oxygen atoms in total. The van der Waals surface area contributed by atoms with Gasteiger partial charge in [-0.2, -0.15) is 0 Å². The predicted octanol–water partition coefficient (Wildman–Crippen LogP) is 5.03. The van der Waals surface area contributed by atoms with Crippen molar-refractivity contribution in [3.63, 3.8) is 0 Å². The lowest BCUT2D eigenvalue weighted by Crippen LogP contribution is -2.24. The van der Waals surface area contributed by atoms with Gasteiger partial charge >= 0.3 is 0 Å². The van der Waals surface area contributed by atoms with E-state index >= 15 is 0 Å². The van der Waals surface area contributed by atoms with E-state index in [1.165, 1.54) is 16.7 Å². The molecule has 2 rings (SSSR count). The lowest BCUT2D eigenvalue weighted by molar-refractivity contribution is 0.445. The molecule has 2 aromatic carbocycles. The SMILES string of the molecule is Cc1ccccc1C#CCNC(CC(C)C)c1ccccc1C. The fraction of sp³-hybridized carbons (Fsp3) is 0.364. The van der Waals surface area contributed by atoms with Crippen molar-refractivity contribution in [3.05, 3.63) is 70.8 Å². The summed E-state index contributed by atoms with van der Waals surface area (Å²) in [5.74, 6) is 7.20. The number of aryl methyl sites for hydroxylation is 2. The van der Waals surface area contributed by atoms with Crippen LogP contribution in [0.3, 0.4) is 0 Å². The van der Waals surface area contributed by atoms with Gasteiger partial charge in [-0.15, -0.1) is 0 Å². The monoisotopic (exact) mass is 305 g/mol. The molecule has 0 aliphatic heterocycles. The summed E-state index contributed by atoms with van der Waals surface area (Å²) in [6.07, 6.45) is 1.12. The van der Waals surface area contributed by atoms with Gasteiger partial charge in [0.25, 0.3) is 0 Å². The molecule has 1 heteroatoms. The third-order valence-electron chi connectivity index (χ3n) is 4.08. The Hall–Kier alpha value is -2.04. The highest BCUT2D eigenvalue weighted by Crippen LogP contribution is 2.23. The van der Waals surface area contributed by atoms with Crippen molar-refractivity contribution in [3.8, 4) is 11.8 Å². The van der Waals surface area contributed by atoms with Gasteiger partial charge in [-0.3, -0.25) is 5.32 Å². The molecule has 0 amide bonds. The second kappa shape index (κ2) is 8.56. The van der Waals surface area contributed by atoms with Gasteiger partial charge in [-0.25, -0.2) is 0 Å². The zero-order valence-electron chi connectivity index (χ0n) is 14.7. The van der Waals surface area contributed by atoms with Gasteiger partial charge < -0.3 is 0 Å². The highest BCUT2D eigenvalue weighted by molar-refractivity contribution is 5.40. The zero-order valence-corrected chi connectivity index (χ0v) is 14.7. The first kappa shape index (κ1) is 17.3. The average Bonchev–Trinajstić information content (AvgIpc) is 2.52. The van der Waals surface area contributed by atoms with Crippen LogP contribution < -0.4 is 5.32 Å². The van der Waals surface area contributed by atoms with Crippen LogP contribution in [0.5, 0.6) is 0 Å². The minimum atomic E-state index is 0.363. The standard InChI is InChI=1S/C22H27N/c1-17(2)16-22(21-14-8-6-11-19(21)4)23-15-9-13-20-12-7-5-10-18(20)3/h5-8,10-12,14,17,22-23H,15-16H2,1-4H3. The van der Waals surface area contributed by atoms with Crippen molar-refractivity contribution in [2.24, 2.45) is 5.92 Å². The third-order valence-corrected chi connectivity index (χ3v) is 4.08. The largest absolute Gasteiger partial charge is 0.299 e. The highest BCUT2D eigenvalue weighted by atomic mass is 14.9.